The molecule has 198 valence electrons. The number of hydrogen-bond acceptors (Lipinski definition) is 4. The number of nitrogens with two attached hydrogens (primary N) is 2. The predicted molar refractivity (Wildman–Crippen MR) is 131 cm³/mol. The number of benzene rings is 2. The molecule has 0 heterocycles. The monoisotopic (exact) mass is 518 g/mol. The van der Waals surface area contributed by atoms with Crippen LogP contribution in [0.2, 0.25) is 0 Å². The van der Waals surface area contributed by atoms with Gasteiger partial charge >= 0.3 is 6.18 Å². The quantitative estimate of drug-likeness (QED) is 0.371. The summed E-state index contributed by atoms with van der Waals surface area (Å²) in [6.45, 7) is 1.47. The molecule has 0 aliphatic heterocycles. The van der Waals surface area contributed by atoms with Gasteiger partial charge in [-0.05, 0) is 48.9 Å². The average molecular weight is 519 g/mol. The lowest BCUT2D eigenvalue weighted by Gasteiger charge is -2.39. The Balaban J connectivity index is 1.90. The number of nitrogens with zero attached hydrogens (tertiary/aromatic N) is 2. The highest BCUT2D eigenvalue weighted by Crippen LogP contribution is 2.44. The first-order chi connectivity index (χ1) is 17.2. The zero-order valence-electron chi connectivity index (χ0n) is 20.7. The Morgan fingerprint density at radius 3 is 1.92 bits per heavy atom. The van der Waals surface area contributed by atoms with Gasteiger partial charge in [0.25, 0.3) is 0 Å². The van der Waals surface area contributed by atoms with Gasteiger partial charge in [-0.1, -0.05) is 55.0 Å². The van der Waals surface area contributed by atoms with E-state index in [-0.39, 0.29) is 11.5 Å². The van der Waals surface area contributed by atoms with Crippen LogP contribution in [0.3, 0.4) is 0 Å². The summed E-state index contributed by atoms with van der Waals surface area (Å²) in [7, 11) is 0. The molecule has 2 aromatic carbocycles. The molecule has 37 heavy (non-hydrogen) atoms. The molecule has 2 amide bonds. The zero-order chi connectivity index (χ0) is 27.6. The summed E-state index contributed by atoms with van der Waals surface area (Å²) in [5.41, 5.74) is 10.7. The largest absolute Gasteiger partial charge is 0.413 e. The molecule has 10 heteroatoms. The van der Waals surface area contributed by atoms with Crippen molar-refractivity contribution in [2.24, 2.45) is 11.5 Å². The van der Waals surface area contributed by atoms with Crippen molar-refractivity contribution >= 4 is 11.8 Å². The Bertz CT molecular complexity index is 1160. The van der Waals surface area contributed by atoms with E-state index in [9.17, 15) is 27.2 Å². The molecule has 0 radical (unpaired) electrons. The molecule has 4 N–H and O–H groups in total. The lowest BCUT2D eigenvalue weighted by Crippen LogP contribution is -2.50. The van der Waals surface area contributed by atoms with Crippen LogP contribution < -0.4 is 11.5 Å². The van der Waals surface area contributed by atoms with Crippen LogP contribution in [0, 0.1) is 11.3 Å². The van der Waals surface area contributed by atoms with Crippen molar-refractivity contribution in [1.82, 2.24) is 4.90 Å². The normalized spacial score (nSPS) is 16.7. The lowest BCUT2D eigenvalue weighted by molar-refractivity contribution is -0.191. The van der Waals surface area contributed by atoms with E-state index >= 15 is 0 Å². The zero-order valence-corrected chi connectivity index (χ0v) is 20.7. The predicted octanol–water partition coefficient (Wildman–Crippen LogP) is 4.68. The van der Waals surface area contributed by atoms with Crippen LogP contribution in [0.15, 0.2) is 48.5 Å². The van der Waals surface area contributed by atoms with E-state index in [2.05, 4.69) is 0 Å². The molecular formula is C27H30F4N4O2. The molecule has 1 aliphatic rings. The number of carbonyl (C=O) groups excluding carboxylic acids is 2. The maximum atomic E-state index is 14.2. The molecular weight excluding hydrogens is 488 g/mol. The lowest BCUT2D eigenvalue weighted by atomic mass is 9.64. The summed E-state index contributed by atoms with van der Waals surface area (Å²) in [6, 6.07) is 10.2. The molecule has 6 nitrogen and oxygen atoms in total. The van der Waals surface area contributed by atoms with Gasteiger partial charge in [0.2, 0.25) is 11.8 Å². The average Bonchev–Trinajstić information content (AvgIpc) is 2.76. The molecule has 0 aromatic heterocycles. The SMILES string of the molecule is CC(C)(F)C[C@H](N)C(=O)N(CC#N)[C@@H](c1ccc(-c2ccc(C3(C(N)=O)CCC3)cc2)cc1)C(F)(F)F. The highest BCUT2D eigenvalue weighted by molar-refractivity contribution is 5.88. The second-order valence-corrected chi connectivity index (χ2v) is 10.1. The summed E-state index contributed by atoms with van der Waals surface area (Å²) in [5, 5.41) is 9.14. The van der Waals surface area contributed by atoms with Gasteiger partial charge in [-0.15, -0.1) is 0 Å². The Morgan fingerprint density at radius 2 is 1.54 bits per heavy atom. The van der Waals surface area contributed by atoms with Crippen LogP contribution in [-0.2, 0) is 15.0 Å². The Labute approximate surface area is 213 Å². The third-order valence-electron chi connectivity index (χ3n) is 6.84. The molecule has 3 rings (SSSR count). The Hall–Kier alpha value is -3.45. The molecule has 2 atom stereocenters. The third kappa shape index (κ3) is 6.10. The third-order valence-corrected chi connectivity index (χ3v) is 6.84. The Morgan fingerprint density at radius 1 is 1.03 bits per heavy atom. The van der Waals surface area contributed by atoms with Gasteiger partial charge in [0.15, 0.2) is 6.04 Å². The Kier molecular flexibility index (Phi) is 7.98. The summed E-state index contributed by atoms with van der Waals surface area (Å²) in [4.78, 5) is 25.1. The van der Waals surface area contributed by atoms with Crippen molar-refractivity contribution in [3.05, 3.63) is 59.7 Å². The maximum Gasteiger partial charge on any atom is 0.413 e. The van der Waals surface area contributed by atoms with Crippen molar-refractivity contribution in [3.8, 4) is 17.2 Å². The number of hydrogen-bond donors (Lipinski definition) is 2. The minimum atomic E-state index is -4.91. The minimum absolute atomic E-state index is 0.259. The van der Waals surface area contributed by atoms with E-state index < -0.39 is 48.2 Å². The van der Waals surface area contributed by atoms with Gasteiger partial charge in [0, 0.05) is 6.42 Å². The molecule has 0 saturated heterocycles. The first-order valence-corrected chi connectivity index (χ1v) is 11.9. The van der Waals surface area contributed by atoms with Crippen LogP contribution in [0.25, 0.3) is 11.1 Å². The highest BCUT2D eigenvalue weighted by Gasteiger charge is 2.48. The van der Waals surface area contributed by atoms with Crippen LogP contribution >= 0.6 is 0 Å². The summed E-state index contributed by atoms with van der Waals surface area (Å²) in [5.74, 6) is -1.53. The van der Waals surface area contributed by atoms with Gasteiger partial charge in [-0.2, -0.15) is 18.4 Å². The second kappa shape index (κ2) is 10.5. The second-order valence-electron chi connectivity index (χ2n) is 10.1. The summed E-state index contributed by atoms with van der Waals surface area (Å²) in [6.07, 6.45) is -3.13. The van der Waals surface area contributed by atoms with Gasteiger partial charge < -0.3 is 16.4 Å². The summed E-state index contributed by atoms with van der Waals surface area (Å²) >= 11 is 0. The molecule has 0 bridgehead atoms. The smallest absolute Gasteiger partial charge is 0.369 e. The van der Waals surface area contributed by atoms with Gasteiger partial charge in [0.1, 0.15) is 12.2 Å². The van der Waals surface area contributed by atoms with Crippen molar-refractivity contribution in [2.75, 3.05) is 6.54 Å². The van der Waals surface area contributed by atoms with Crippen LogP contribution in [-0.4, -0.2) is 41.1 Å². The molecule has 0 spiro atoms. The number of primary amides is 1. The maximum absolute atomic E-state index is 14.2. The van der Waals surface area contributed by atoms with Crippen molar-refractivity contribution < 1.29 is 27.2 Å². The first kappa shape index (κ1) is 28.1. The van der Waals surface area contributed by atoms with Gasteiger partial charge in [-0.25, -0.2) is 4.39 Å². The van der Waals surface area contributed by atoms with Crippen LogP contribution in [0.4, 0.5) is 17.6 Å². The van der Waals surface area contributed by atoms with Gasteiger partial charge in [-0.3, -0.25) is 9.59 Å². The molecule has 1 aliphatic carbocycles. The van der Waals surface area contributed by atoms with Crippen molar-refractivity contribution in [2.45, 2.75) is 68.9 Å². The fraction of sp³-hybridized carbons (Fsp3) is 0.444. The number of amides is 2. The van der Waals surface area contributed by atoms with E-state index in [1.807, 2.05) is 0 Å². The van der Waals surface area contributed by atoms with Crippen molar-refractivity contribution in [1.29, 1.82) is 5.26 Å². The molecule has 2 aromatic rings. The molecule has 1 saturated carbocycles. The highest BCUT2D eigenvalue weighted by atomic mass is 19.4. The number of carbonyl (C=O) groups is 2. The van der Waals surface area contributed by atoms with E-state index in [0.29, 0.717) is 23.3 Å². The van der Waals surface area contributed by atoms with Gasteiger partial charge in [0.05, 0.1) is 17.5 Å². The number of rotatable bonds is 9. The number of nitriles is 1. The first-order valence-electron chi connectivity index (χ1n) is 11.9. The number of halogens is 4. The fourth-order valence-corrected chi connectivity index (χ4v) is 4.79. The van der Waals surface area contributed by atoms with Crippen LogP contribution in [0.1, 0.15) is 56.7 Å². The molecule has 0 unspecified atom stereocenters. The minimum Gasteiger partial charge on any atom is -0.369 e. The standard InChI is InChI=1S/C27H30F4N4O2/c1-25(2,28)16-21(33)23(36)35(15-14-32)22(27(29,30)31)19-6-4-17(5-7-19)18-8-10-20(11-9-18)26(24(34)37)12-3-13-26/h4-11,21-22H,3,12-13,15-16,33H2,1-2H3,(H2,34,37)/t21-,22-/m0/s1. The van der Waals surface area contributed by atoms with E-state index in [0.717, 1.165) is 17.5 Å². The fourth-order valence-electron chi connectivity index (χ4n) is 4.79. The van der Waals surface area contributed by atoms with Crippen molar-refractivity contribution in [3.63, 3.8) is 0 Å². The van der Waals surface area contributed by atoms with E-state index in [1.165, 1.54) is 38.1 Å². The van der Waals surface area contributed by atoms with E-state index in [4.69, 9.17) is 16.7 Å². The molecule has 1 fully saturated rings. The topological polar surface area (TPSA) is 113 Å². The van der Waals surface area contributed by atoms with Crippen LogP contribution in [0.5, 0.6) is 0 Å². The number of alkyl halides is 4. The summed E-state index contributed by atoms with van der Waals surface area (Å²) < 4.78 is 56.5. The van der Waals surface area contributed by atoms with E-state index in [1.54, 1.807) is 30.3 Å².